The number of aromatic amines is 1. The summed E-state index contributed by atoms with van der Waals surface area (Å²) in [6, 6.07) is 0. The molecule has 0 spiro atoms. The molecule has 1 aromatic heterocycles. The highest BCUT2D eigenvalue weighted by Gasteiger charge is 2.37. The third-order valence-corrected chi connectivity index (χ3v) is 4.67. The number of aryl methyl sites for hydroxylation is 1. The second-order valence-electron chi connectivity index (χ2n) is 4.58. The van der Waals surface area contributed by atoms with Crippen molar-refractivity contribution < 1.29 is 13.5 Å². The normalized spacial score (nSPS) is 19.6. The van der Waals surface area contributed by atoms with Crippen LogP contribution in [0.2, 0.25) is 0 Å². The average molecular weight is 259 g/mol. The minimum atomic E-state index is -3.62. The summed E-state index contributed by atoms with van der Waals surface area (Å²) in [6.45, 7) is 1.52. The molecular weight excluding hydrogens is 242 g/mol. The van der Waals surface area contributed by atoms with Crippen LogP contribution in [0.3, 0.4) is 0 Å². The molecule has 96 valence electrons. The zero-order valence-corrected chi connectivity index (χ0v) is 10.5. The van der Waals surface area contributed by atoms with Crippen LogP contribution in [0.4, 0.5) is 0 Å². The van der Waals surface area contributed by atoms with E-state index in [1.165, 1.54) is 6.20 Å². The predicted molar refractivity (Wildman–Crippen MR) is 61.9 cm³/mol. The van der Waals surface area contributed by atoms with Crippen molar-refractivity contribution in [2.75, 3.05) is 6.61 Å². The Bertz CT molecular complexity index is 489. The van der Waals surface area contributed by atoms with Crippen molar-refractivity contribution in [1.82, 2.24) is 14.7 Å². The Labute approximate surface area is 101 Å². The number of sulfonamides is 1. The van der Waals surface area contributed by atoms with Crippen molar-refractivity contribution in [3.05, 3.63) is 12.0 Å². The summed E-state index contributed by atoms with van der Waals surface area (Å²) in [7, 11) is -3.62. The number of hydrogen-bond acceptors (Lipinski definition) is 4. The van der Waals surface area contributed by atoms with Gasteiger partial charge in [-0.05, 0) is 19.8 Å². The van der Waals surface area contributed by atoms with E-state index in [0.717, 1.165) is 12.8 Å². The summed E-state index contributed by atoms with van der Waals surface area (Å²) >= 11 is 0. The first kappa shape index (κ1) is 12.5. The molecule has 0 saturated heterocycles. The zero-order valence-electron chi connectivity index (χ0n) is 9.73. The maximum Gasteiger partial charge on any atom is 0.258 e. The van der Waals surface area contributed by atoms with E-state index in [4.69, 9.17) is 0 Å². The predicted octanol–water partition coefficient (Wildman–Crippen LogP) is 0.302. The number of nitrogens with one attached hydrogen (secondary N) is 2. The molecule has 3 N–H and O–H groups in total. The van der Waals surface area contributed by atoms with E-state index in [1.54, 1.807) is 6.92 Å². The molecule has 1 fully saturated rings. The minimum absolute atomic E-state index is 0.0507. The molecule has 2 rings (SSSR count). The van der Waals surface area contributed by atoms with Gasteiger partial charge in [0.1, 0.15) is 5.82 Å². The van der Waals surface area contributed by atoms with Crippen molar-refractivity contribution in [2.24, 2.45) is 0 Å². The van der Waals surface area contributed by atoms with Crippen molar-refractivity contribution in [2.45, 2.75) is 43.2 Å². The van der Waals surface area contributed by atoms with Crippen LogP contribution in [0.25, 0.3) is 0 Å². The Hall–Kier alpha value is -0.920. The number of H-pyrrole nitrogens is 1. The number of hydrogen-bond donors (Lipinski definition) is 3. The number of rotatable bonds is 4. The van der Waals surface area contributed by atoms with Gasteiger partial charge >= 0.3 is 0 Å². The molecule has 0 bridgehead atoms. The van der Waals surface area contributed by atoms with E-state index in [2.05, 4.69) is 14.7 Å². The quantitative estimate of drug-likeness (QED) is 0.725. The lowest BCUT2D eigenvalue weighted by Gasteiger charge is -2.26. The second kappa shape index (κ2) is 4.40. The highest BCUT2D eigenvalue weighted by molar-refractivity contribution is 7.89. The molecule has 1 aliphatic carbocycles. The summed E-state index contributed by atoms with van der Waals surface area (Å²) in [5.74, 6) is 0.551. The van der Waals surface area contributed by atoms with Crippen LogP contribution in [-0.4, -0.2) is 35.6 Å². The van der Waals surface area contributed by atoms with Crippen LogP contribution in [0.15, 0.2) is 11.2 Å². The molecular formula is C10H17N3O3S. The number of nitrogens with zero attached hydrogens (tertiary/aromatic N) is 1. The molecule has 1 saturated carbocycles. The summed E-state index contributed by atoms with van der Waals surface area (Å²) in [6.07, 6.45) is 4.51. The van der Waals surface area contributed by atoms with Gasteiger partial charge in [0.25, 0.3) is 10.0 Å². The van der Waals surface area contributed by atoms with Crippen LogP contribution in [0.1, 0.15) is 31.5 Å². The first-order valence-corrected chi connectivity index (χ1v) is 7.12. The fourth-order valence-corrected chi connectivity index (χ4v) is 3.64. The fraction of sp³-hybridized carbons (Fsp3) is 0.700. The van der Waals surface area contributed by atoms with Gasteiger partial charge in [-0.3, -0.25) is 0 Å². The fourth-order valence-electron chi connectivity index (χ4n) is 2.22. The maximum atomic E-state index is 12.1. The number of aliphatic hydroxyl groups is 1. The van der Waals surface area contributed by atoms with Gasteiger partial charge in [-0.2, -0.15) is 0 Å². The monoisotopic (exact) mass is 259 g/mol. The van der Waals surface area contributed by atoms with E-state index in [0.29, 0.717) is 18.7 Å². The molecule has 0 unspecified atom stereocenters. The maximum absolute atomic E-state index is 12.1. The zero-order chi connectivity index (χ0) is 12.5. The Morgan fingerprint density at radius 1 is 1.53 bits per heavy atom. The average Bonchev–Trinajstić information content (AvgIpc) is 2.87. The third-order valence-electron chi connectivity index (χ3n) is 3.18. The van der Waals surface area contributed by atoms with Crippen LogP contribution in [0, 0.1) is 6.92 Å². The summed E-state index contributed by atoms with van der Waals surface area (Å²) in [5.41, 5.74) is -0.697. The Balaban J connectivity index is 2.22. The van der Waals surface area contributed by atoms with E-state index >= 15 is 0 Å². The summed E-state index contributed by atoms with van der Waals surface area (Å²) in [5, 5.41) is 9.43. The first-order chi connectivity index (χ1) is 7.97. The van der Waals surface area contributed by atoms with Crippen molar-refractivity contribution in [3.8, 4) is 0 Å². The smallest absolute Gasteiger partial charge is 0.258 e. The molecule has 1 aromatic rings. The van der Waals surface area contributed by atoms with Crippen molar-refractivity contribution in [3.63, 3.8) is 0 Å². The molecule has 7 heteroatoms. The van der Waals surface area contributed by atoms with E-state index < -0.39 is 15.6 Å². The lowest BCUT2D eigenvalue weighted by Crippen LogP contribution is -2.49. The van der Waals surface area contributed by atoms with E-state index in [1.807, 2.05) is 0 Å². The largest absolute Gasteiger partial charge is 0.394 e. The van der Waals surface area contributed by atoms with Crippen LogP contribution < -0.4 is 4.72 Å². The number of aromatic nitrogens is 2. The van der Waals surface area contributed by atoms with Crippen molar-refractivity contribution >= 4 is 10.0 Å². The van der Waals surface area contributed by atoms with Gasteiger partial charge in [0, 0.05) is 0 Å². The van der Waals surface area contributed by atoms with Gasteiger partial charge in [-0.25, -0.2) is 18.1 Å². The van der Waals surface area contributed by atoms with Gasteiger partial charge in [-0.1, -0.05) is 12.8 Å². The molecule has 6 nitrogen and oxygen atoms in total. The highest BCUT2D eigenvalue weighted by atomic mass is 32.2. The second-order valence-corrected chi connectivity index (χ2v) is 6.23. The Morgan fingerprint density at radius 2 is 2.18 bits per heavy atom. The Morgan fingerprint density at radius 3 is 2.65 bits per heavy atom. The van der Waals surface area contributed by atoms with E-state index in [-0.39, 0.29) is 11.6 Å². The third kappa shape index (κ3) is 2.51. The van der Waals surface area contributed by atoms with Gasteiger partial charge in [-0.15, -0.1) is 0 Å². The van der Waals surface area contributed by atoms with Crippen LogP contribution in [0.5, 0.6) is 0 Å². The van der Waals surface area contributed by atoms with Gasteiger partial charge in [0.2, 0.25) is 0 Å². The van der Waals surface area contributed by atoms with E-state index in [9.17, 15) is 13.5 Å². The summed E-state index contributed by atoms with van der Waals surface area (Å²) in [4.78, 5) is 6.56. The topological polar surface area (TPSA) is 95.1 Å². The minimum Gasteiger partial charge on any atom is -0.394 e. The lowest BCUT2D eigenvalue weighted by molar-refractivity contribution is 0.185. The SMILES string of the molecule is Cc1ncc(S(=O)(=O)NC2(CO)CCCC2)[nH]1. The number of aliphatic hydroxyl groups excluding tert-OH is 1. The van der Waals surface area contributed by atoms with Gasteiger partial charge in [0.15, 0.2) is 5.03 Å². The molecule has 0 amide bonds. The Kier molecular flexibility index (Phi) is 3.24. The van der Waals surface area contributed by atoms with Crippen molar-refractivity contribution in [1.29, 1.82) is 0 Å². The molecule has 0 aliphatic heterocycles. The van der Waals surface area contributed by atoms with Gasteiger partial charge < -0.3 is 10.1 Å². The molecule has 1 aliphatic rings. The first-order valence-electron chi connectivity index (χ1n) is 5.64. The molecule has 17 heavy (non-hydrogen) atoms. The van der Waals surface area contributed by atoms with Crippen LogP contribution >= 0.6 is 0 Å². The lowest BCUT2D eigenvalue weighted by atomic mass is 10.0. The molecule has 0 aromatic carbocycles. The standard InChI is InChI=1S/C10H17N3O3S/c1-8-11-6-9(12-8)17(15,16)13-10(7-14)4-2-3-5-10/h6,13-14H,2-5,7H2,1H3,(H,11,12). The molecule has 0 radical (unpaired) electrons. The van der Waals surface area contributed by atoms with Gasteiger partial charge in [0.05, 0.1) is 18.3 Å². The molecule has 0 atom stereocenters. The molecule has 1 heterocycles. The number of imidazole rings is 1. The summed E-state index contributed by atoms with van der Waals surface area (Å²) < 4.78 is 26.7. The highest BCUT2D eigenvalue weighted by Crippen LogP contribution is 2.30. The van der Waals surface area contributed by atoms with Crippen LogP contribution in [-0.2, 0) is 10.0 Å².